The summed E-state index contributed by atoms with van der Waals surface area (Å²) < 4.78 is 44.3. The van der Waals surface area contributed by atoms with Gasteiger partial charge >= 0.3 is 6.18 Å². The number of benzene rings is 1. The molecule has 13 heteroatoms. The average Bonchev–Trinajstić information content (AvgIpc) is 3.40. The van der Waals surface area contributed by atoms with E-state index in [-0.39, 0.29) is 17.2 Å². The van der Waals surface area contributed by atoms with E-state index in [4.69, 9.17) is 10.3 Å². The minimum absolute atomic E-state index is 0.228. The van der Waals surface area contributed by atoms with Gasteiger partial charge in [-0.25, -0.2) is 15.0 Å². The summed E-state index contributed by atoms with van der Waals surface area (Å²) in [6.45, 7) is 2.18. The predicted molar refractivity (Wildman–Crippen MR) is 117 cm³/mol. The Balaban J connectivity index is 1.53. The summed E-state index contributed by atoms with van der Waals surface area (Å²) in [5, 5.41) is 17.7. The summed E-state index contributed by atoms with van der Waals surface area (Å²) in [6, 6.07) is 4.34. The molecule has 0 aliphatic rings. The van der Waals surface area contributed by atoms with Crippen molar-refractivity contribution in [3.05, 3.63) is 53.2 Å². The number of rotatable bonds is 7. The van der Waals surface area contributed by atoms with Crippen LogP contribution in [0.3, 0.4) is 0 Å². The van der Waals surface area contributed by atoms with Crippen LogP contribution in [0.15, 0.2) is 35.1 Å². The number of aliphatic hydroxyl groups is 1. The Kier molecular flexibility index (Phi) is 6.25. The Labute approximate surface area is 192 Å². The molecule has 0 aliphatic carbocycles. The molecule has 0 bridgehead atoms. The zero-order chi connectivity index (χ0) is 24.6. The number of hydrogen-bond acceptors (Lipinski definition) is 9. The minimum Gasteiger partial charge on any atom is -0.383 e. The van der Waals surface area contributed by atoms with Gasteiger partial charge in [0, 0.05) is 18.2 Å². The Morgan fingerprint density at radius 2 is 2.00 bits per heavy atom. The fourth-order valence-electron chi connectivity index (χ4n) is 3.46. The molecule has 0 radical (unpaired) electrons. The lowest BCUT2D eigenvalue weighted by Gasteiger charge is -2.21. The first-order valence-corrected chi connectivity index (χ1v) is 10.2. The molecule has 180 valence electrons. The Morgan fingerprint density at radius 1 is 1.24 bits per heavy atom. The number of fused-ring (bicyclic) bond motifs is 1. The van der Waals surface area contributed by atoms with Gasteiger partial charge in [-0.2, -0.15) is 13.2 Å². The lowest BCUT2D eigenvalue weighted by molar-refractivity contribution is -0.137. The van der Waals surface area contributed by atoms with E-state index in [1.807, 2.05) is 19.0 Å². The van der Waals surface area contributed by atoms with E-state index in [0.29, 0.717) is 34.8 Å². The summed E-state index contributed by atoms with van der Waals surface area (Å²) in [4.78, 5) is 17.2. The number of alkyl halides is 3. The Hall–Kier alpha value is -3.55. The first-order valence-electron chi connectivity index (χ1n) is 10.2. The monoisotopic (exact) mass is 476 g/mol. The maximum absolute atomic E-state index is 13.0. The molecule has 0 amide bonds. The first kappa shape index (κ1) is 23.6. The van der Waals surface area contributed by atoms with E-state index >= 15 is 0 Å². The van der Waals surface area contributed by atoms with Crippen LogP contribution in [0.2, 0.25) is 0 Å². The normalized spacial score (nSPS) is 14.1. The predicted octanol–water partition coefficient (Wildman–Crippen LogP) is 3.01. The highest BCUT2D eigenvalue weighted by atomic mass is 19.4. The van der Waals surface area contributed by atoms with Crippen molar-refractivity contribution in [2.24, 2.45) is 0 Å². The van der Waals surface area contributed by atoms with Gasteiger partial charge in [-0.1, -0.05) is 5.16 Å². The quantitative estimate of drug-likeness (QED) is 0.296. The SMILES string of the molecule is C[C@H](NC(O)c1ncnc(N)c1CN(C)C)c1cc(-c2nc3ccc(C(F)(F)F)cc3[nH]2)no1. The molecule has 0 saturated heterocycles. The van der Waals surface area contributed by atoms with E-state index < -0.39 is 24.0 Å². The molecule has 3 heterocycles. The topological polar surface area (TPSA) is 142 Å². The molecule has 2 atom stereocenters. The number of nitrogens with two attached hydrogens (primary N) is 1. The van der Waals surface area contributed by atoms with Crippen molar-refractivity contribution < 1.29 is 22.8 Å². The highest BCUT2D eigenvalue weighted by molar-refractivity contribution is 5.79. The fraction of sp³-hybridized carbons (Fsp3) is 0.333. The van der Waals surface area contributed by atoms with Crippen molar-refractivity contribution in [2.75, 3.05) is 19.8 Å². The number of nitrogen functional groups attached to an aromatic ring is 1. The lowest BCUT2D eigenvalue weighted by Crippen LogP contribution is -2.27. The van der Waals surface area contributed by atoms with Crippen LogP contribution in [-0.2, 0) is 12.7 Å². The van der Waals surface area contributed by atoms with E-state index in [2.05, 4.69) is 30.4 Å². The third kappa shape index (κ3) is 4.85. The van der Waals surface area contributed by atoms with Crippen LogP contribution in [0.5, 0.6) is 0 Å². The molecular formula is C21H23F3N8O2. The zero-order valence-electron chi connectivity index (χ0n) is 18.6. The Morgan fingerprint density at radius 3 is 2.71 bits per heavy atom. The maximum Gasteiger partial charge on any atom is 0.416 e. The van der Waals surface area contributed by atoms with Gasteiger partial charge in [-0.15, -0.1) is 0 Å². The molecule has 0 saturated carbocycles. The summed E-state index contributed by atoms with van der Waals surface area (Å²) >= 11 is 0. The standard InChI is InChI=1S/C21H23F3N8O2/c1-10(28-20(33)17-12(8-32(2)3)18(25)27-9-26-17)16-7-15(31-34-16)19-29-13-5-4-11(21(22,23)24)6-14(13)30-19/h4-7,9-10,20,28,33H,8H2,1-3H3,(H,29,30)(H2,25,26,27)/t10-,20?/m0/s1. The number of imidazole rings is 1. The third-order valence-corrected chi connectivity index (χ3v) is 5.16. The lowest BCUT2D eigenvalue weighted by atomic mass is 10.1. The van der Waals surface area contributed by atoms with Crippen molar-refractivity contribution in [3.8, 4) is 11.5 Å². The van der Waals surface area contributed by atoms with Gasteiger partial charge in [0.15, 0.2) is 11.6 Å². The van der Waals surface area contributed by atoms with Crippen LogP contribution < -0.4 is 11.1 Å². The molecule has 1 aromatic carbocycles. The van der Waals surface area contributed by atoms with E-state index in [0.717, 1.165) is 12.1 Å². The number of halogens is 3. The van der Waals surface area contributed by atoms with Crippen LogP contribution in [0.4, 0.5) is 19.0 Å². The van der Waals surface area contributed by atoms with Crippen LogP contribution in [0.1, 0.15) is 41.8 Å². The molecule has 4 rings (SSSR count). The highest BCUT2D eigenvalue weighted by Crippen LogP contribution is 2.32. The van der Waals surface area contributed by atoms with Crippen molar-refractivity contribution in [3.63, 3.8) is 0 Å². The van der Waals surface area contributed by atoms with Crippen LogP contribution in [0.25, 0.3) is 22.6 Å². The summed E-state index contributed by atoms with van der Waals surface area (Å²) in [5.41, 5.74) is 7.02. The largest absolute Gasteiger partial charge is 0.416 e. The number of aliphatic hydroxyl groups excluding tert-OH is 1. The van der Waals surface area contributed by atoms with Gasteiger partial charge < -0.3 is 25.2 Å². The van der Waals surface area contributed by atoms with Gasteiger partial charge in [0.2, 0.25) is 0 Å². The molecule has 4 aromatic rings. The van der Waals surface area contributed by atoms with Gasteiger partial charge in [0.05, 0.1) is 28.3 Å². The fourth-order valence-corrected chi connectivity index (χ4v) is 3.46. The number of aromatic nitrogens is 5. The molecule has 34 heavy (non-hydrogen) atoms. The molecule has 10 nitrogen and oxygen atoms in total. The zero-order valence-corrected chi connectivity index (χ0v) is 18.6. The van der Waals surface area contributed by atoms with E-state index in [1.165, 1.54) is 12.4 Å². The maximum atomic E-state index is 13.0. The van der Waals surface area contributed by atoms with E-state index in [9.17, 15) is 18.3 Å². The summed E-state index contributed by atoms with van der Waals surface area (Å²) in [6.07, 6.45) is -4.35. The number of nitrogens with zero attached hydrogens (tertiary/aromatic N) is 5. The van der Waals surface area contributed by atoms with Gasteiger partial charge in [0.25, 0.3) is 0 Å². The number of anilines is 1. The van der Waals surface area contributed by atoms with Gasteiger partial charge in [0.1, 0.15) is 24.1 Å². The average molecular weight is 476 g/mol. The highest BCUT2D eigenvalue weighted by Gasteiger charge is 2.31. The molecule has 1 unspecified atom stereocenters. The second-order valence-corrected chi connectivity index (χ2v) is 8.08. The molecule has 0 aliphatic heterocycles. The molecular weight excluding hydrogens is 453 g/mol. The molecule has 3 aromatic heterocycles. The minimum atomic E-state index is -4.46. The summed E-state index contributed by atoms with van der Waals surface area (Å²) in [7, 11) is 3.72. The number of hydrogen-bond donors (Lipinski definition) is 4. The van der Waals surface area contributed by atoms with Crippen molar-refractivity contribution in [2.45, 2.75) is 31.9 Å². The van der Waals surface area contributed by atoms with Gasteiger partial charge in [-0.05, 0) is 39.2 Å². The molecule has 0 spiro atoms. The molecule has 0 fully saturated rings. The number of nitrogens with one attached hydrogen (secondary N) is 2. The van der Waals surface area contributed by atoms with Crippen molar-refractivity contribution >= 4 is 16.9 Å². The molecule has 5 N–H and O–H groups in total. The first-order chi connectivity index (χ1) is 16.0. The number of H-pyrrole nitrogens is 1. The third-order valence-electron chi connectivity index (χ3n) is 5.16. The summed E-state index contributed by atoms with van der Waals surface area (Å²) in [5.74, 6) is 0.906. The second kappa shape index (κ2) is 9.00. The number of aromatic amines is 1. The van der Waals surface area contributed by atoms with Crippen molar-refractivity contribution in [1.29, 1.82) is 0 Å². The van der Waals surface area contributed by atoms with Crippen molar-refractivity contribution in [1.82, 2.24) is 35.3 Å². The van der Waals surface area contributed by atoms with Crippen LogP contribution in [-0.4, -0.2) is 49.2 Å². The van der Waals surface area contributed by atoms with Crippen LogP contribution >= 0.6 is 0 Å². The van der Waals surface area contributed by atoms with Gasteiger partial charge in [-0.3, -0.25) is 5.32 Å². The van der Waals surface area contributed by atoms with Crippen LogP contribution in [0, 0.1) is 0 Å². The van der Waals surface area contributed by atoms with E-state index in [1.54, 1.807) is 13.0 Å². The Bertz CT molecular complexity index is 1300. The second-order valence-electron chi connectivity index (χ2n) is 8.08. The smallest absolute Gasteiger partial charge is 0.383 e.